The summed E-state index contributed by atoms with van der Waals surface area (Å²) in [7, 11) is 0. The Morgan fingerprint density at radius 2 is 2.17 bits per heavy atom. The Kier molecular flexibility index (Phi) is 4.72. The molecule has 0 bridgehead atoms. The minimum absolute atomic E-state index is 0.224. The Morgan fingerprint density at radius 1 is 1.44 bits per heavy atom. The molecule has 0 spiro atoms. The van der Waals surface area contributed by atoms with Crippen molar-refractivity contribution in [3.63, 3.8) is 0 Å². The van der Waals surface area contributed by atoms with Gasteiger partial charge in [0.15, 0.2) is 0 Å². The maximum absolute atomic E-state index is 4.28. The minimum atomic E-state index is 0.224. The van der Waals surface area contributed by atoms with E-state index in [1.165, 1.54) is 4.88 Å². The van der Waals surface area contributed by atoms with Crippen LogP contribution in [0.5, 0.6) is 0 Å². The summed E-state index contributed by atoms with van der Waals surface area (Å²) in [5.74, 6) is 0. The van der Waals surface area contributed by atoms with Crippen LogP contribution in [0.1, 0.15) is 23.7 Å². The van der Waals surface area contributed by atoms with Gasteiger partial charge in [-0.15, -0.1) is 11.3 Å². The summed E-state index contributed by atoms with van der Waals surface area (Å²) in [5, 5.41) is 8.11. The van der Waals surface area contributed by atoms with Crippen LogP contribution >= 0.6 is 11.3 Å². The second-order valence-electron chi connectivity index (χ2n) is 5.50. The SMILES string of the molecule is Cc1ncc(CNCC(C)(C)N2CCNCC2)s1. The number of hydrogen-bond acceptors (Lipinski definition) is 5. The molecule has 1 aromatic heterocycles. The van der Waals surface area contributed by atoms with E-state index in [9.17, 15) is 0 Å². The Hall–Kier alpha value is -0.490. The smallest absolute Gasteiger partial charge is 0.0897 e. The highest BCUT2D eigenvalue weighted by molar-refractivity contribution is 7.11. The molecule has 0 radical (unpaired) electrons. The molecule has 0 aromatic carbocycles. The Labute approximate surface area is 114 Å². The van der Waals surface area contributed by atoms with Crippen LogP contribution in [0.15, 0.2) is 6.20 Å². The quantitative estimate of drug-likeness (QED) is 0.842. The summed E-state index contributed by atoms with van der Waals surface area (Å²) in [6, 6.07) is 0. The fourth-order valence-electron chi connectivity index (χ4n) is 2.36. The predicted molar refractivity (Wildman–Crippen MR) is 77.1 cm³/mol. The maximum Gasteiger partial charge on any atom is 0.0897 e. The van der Waals surface area contributed by atoms with Crippen molar-refractivity contribution in [2.75, 3.05) is 32.7 Å². The van der Waals surface area contributed by atoms with Crippen molar-refractivity contribution in [2.24, 2.45) is 0 Å². The lowest BCUT2D eigenvalue weighted by atomic mass is 10.0. The number of hydrogen-bond donors (Lipinski definition) is 2. The fourth-order valence-corrected chi connectivity index (χ4v) is 3.13. The molecule has 0 unspecified atom stereocenters. The molecule has 2 N–H and O–H groups in total. The zero-order valence-electron chi connectivity index (χ0n) is 11.6. The largest absolute Gasteiger partial charge is 0.314 e. The van der Waals surface area contributed by atoms with Gasteiger partial charge in [0.1, 0.15) is 0 Å². The van der Waals surface area contributed by atoms with Gasteiger partial charge < -0.3 is 10.6 Å². The molecular weight excluding hydrogens is 244 g/mol. The third kappa shape index (κ3) is 3.75. The molecule has 18 heavy (non-hydrogen) atoms. The minimum Gasteiger partial charge on any atom is -0.314 e. The molecule has 1 fully saturated rings. The summed E-state index contributed by atoms with van der Waals surface area (Å²) < 4.78 is 0. The van der Waals surface area contributed by atoms with Crippen LogP contribution in [0.25, 0.3) is 0 Å². The van der Waals surface area contributed by atoms with E-state index in [2.05, 4.69) is 41.3 Å². The average Bonchev–Trinajstić information content (AvgIpc) is 2.76. The van der Waals surface area contributed by atoms with E-state index in [0.717, 1.165) is 44.3 Å². The van der Waals surface area contributed by atoms with Crippen LogP contribution < -0.4 is 10.6 Å². The van der Waals surface area contributed by atoms with Crippen molar-refractivity contribution in [3.8, 4) is 0 Å². The van der Waals surface area contributed by atoms with Crippen molar-refractivity contribution >= 4 is 11.3 Å². The summed E-state index contributed by atoms with van der Waals surface area (Å²) in [6.45, 7) is 13.2. The van der Waals surface area contributed by atoms with Gasteiger partial charge >= 0.3 is 0 Å². The van der Waals surface area contributed by atoms with Crippen molar-refractivity contribution < 1.29 is 0 Å². The molecule has 2 heterocycles. The van der Waals surface area contributed by atoms with Crippen molar-refractivity contribution in [2.45, 2.75) is 32.9 Å². The first kappa shape index (κ1) is 13.9. The highest BCUT2D eigenvalue weighted by atomic mass is 32.1. The maximum atomic E-state index is 4.28. The first-order valence-corrected chi connectivity index (χ1v) is 7.47. The van der Waals surface area contributed by atoms with Gasteiger partial charge in [-0.25, -0.2) is 4.98 Å². The standard InChI is InChI=1S/C13H24N4S/c1-11-16-9-12(18-11)8-15-10-13(2,3)17-6-4-14-5-7-17/h9,14-15H,4-8,10H2,1-3H3. The summed E-state index contributed by atoms with van der Waals surface area (Å²) in [6.07, 6.45) is 1.98. The van der Waals surface area contributed by atoms with E-state index < -0.39 is 0 Å². The van der Waals surface area contributed by atoms with Crippen molar-refractivity contribution in [3.05, 3.63) is 16.1 Å². The lowest BCUT2D eigenvalue weighted by Gasteiger charge is -2.41. The monoisotopic (exact) mass is 268 g/mol. The van der Waals surface area contributed by atoms with E-state index in [1.54, 1.807) is 11.3 Å². The van der Waals surface area contributed by atoms with Crippen LogP contribution in [-0.2, 0) is 6.54 Å². The molecule has 0 saturated carbocycles. The van der Waals surface area contributed by atoms with Gasteiger partial charge in [-0.3, -0.25) is 4.90 Å². The Balaban J connectivity index is 1.77. The van der Waals surface area contributed by atoms with Crippen molar-refractivity contribution in [1.29, 1.82) is 0 Å². The van der Waals surface area contributed by atoms with Gasteiger partial charge in [0, 0.05) is 55.9 Å². The van der Waals surface area contributed by atoms with E-state index in [-0.39, 0.29) is 5.54 Å². The number of thiazole rings is 1. The molecule has 4 nitrogen and oxygen atoms in total. The molecule has 0 aliphatic carbocycles. The van der Waals surface area contributed by atoms with Gasteiger partial charge in [-0.05, 0) is 20.8 Å². The third-order valence-electron chi connectivity index (χ3n) is 3.50. The van der Waals surface area contributed by atoms with Gasteiger partial charge in [0.05, 0.1) is 5.01 Å². The number of piperazine rings is 1. The molecule has 1 aliphatic heterocycles. The number of aryl methyl sites for hydroxylation is 1. The highest BCUT2D eigenvalue weighted by Crippen LogP contribution is 2.15. The zero-order valence-corrected chi connectivity index (χ0v) is 12.4. The molecule has 0 atom stereocenters. The summed E-state index contributed by atoms with van der Waals surface area (Å²) in [4.78, 5) is 8.17. The highest BCUT2D eigenvalue weighted by Gasteiger charge is 2.27. The summed E-state index contributed by atoms with van der Waals surface area (Å²) >= 11 is 1.78. The summed E-state index contributed by atoms with van der Waals surface area (Å²) in [5.41, 5.74) is 0.224. The predicted octanol–water partition coefficient (Wildman–Crippen LogP) is 1.22. The van der Waals surface area contributed by atoms with Gasteiger partial charge in [0.25, 0.3) is 0 Å². The fraction of sp³-hybridized carbons (Fsp3) is 0.769. The van der Waals surface area contributed by atoms with Crippen LogP contribution in [0, 0.1) is 6.92 Å². The van der Waals surface area contributed by atoms with E-state index in [4.69, 9.17) is 0 Å². The van der Waals surface area contributed by atoms with E-state index >= 15 is 0 Å². The van der Waals surface area contributed by atoms with Crippen LogP contribution in [-0.4, -0.2) is 48.1 Å². The molecular formula is C13H24N4S. The zero-order chi connectivity index (χ0) is 13.0. The van der Waals surface area contributed by atoms with E-state index in [0.29, 0.717) is 0 Å². The lowest BCUT2D eigenvalue weighted by molar-refractivity contribution is 0.102. The number of nitrogens with zero attached hydrogens (tertiary/aromatic N) is 2. The topological polar surface area (TPSA) is 40.2 Å². The number of aromatic nitrogens is 1. The average molecular weight is 268 g/mol. The third-order valence-corrected chi connectivity index (χ3v) is 4.41. The van der Waals surface area contributed by atoms with Crippen LogP contribution in [0.4, 0.5) is 0 Å². The van der Waals surface area contributed by atoms with Crippen molar-refractivity contribution in [1.82, 2.24) is 20.5 Å². The molecule has 1 aromatic rings. The van der Waals surface area contributed by atoms with Crippen LogP contribution in [0.2, 0.25) is 0 Å². The number of rotatable bonds is 5. The first-order chi connectivity index (χ1) is 8.58. The molecule has 2 rings (SSSR count). The molecule has 0 amide bonds. The van der Waals surface area contributed by atoms with E-state index in [1.807, 2.05) is 6.20 Å². The normalized spacial score (nSPS) is 18.2. The molecule has 1 aliphatic rings. The Bertz CT molecular complexity index is 369. The lowest BCUT2D eigenvalue weighted by Crippen LogP contribution is -2.57. The molecule has 102 valence electrons. The molecule has 1 saturated heterocycles. The number of nitrogens with one attached hydrogen (secondary N) is 2. The first-order valence-electron chi connectivity index (χ1n) is 6.66. The Morgan fingerprint density at radius 3 is 2.78 bits per heavy atom. The second kappa shape index (κ2) is 6.10. The molecule has 5 heteroatoms. The van der Waals surface area contributed by atoms with Gasteiger partial charge in [-0.1, -0.05) is 0 Å². The van der Waals surface area contributed by atoms with Crippen LogP contribution in [0.3, 0.4) is 0 Å². The second-order valence-corrected chi connectivity index (χ2v) is 6.82. The van der Waals surface area contributed by atoms with Gasteiger partial charge in [0.2, 0.25) is 0 Å². The van der Waals surface area contributed by atoms with Gasteiger partial charge in [-0.2, -0.15) is 0 Å².